The first kappa shape index (κ1) is 36.5. The fourth-order valence-electron chi connectivity index (χ4n) is 3.84. The van der Waals surface area contributed by atoms with Gasteiger partial charge in [-0.1, -0.05) is 39.8 Å². The number of benzene rings is 4. The van der Waals surface area contributed by atoms with Crippen LogP contribution < -0.4 is 0 Å². The van der Waals surface area contributed by atoms with Gasteiger partial charge in [0.2, 0.25) is 0 Å². The van der Waals surface area contributed by atoms with Crippen molar-refractivity contribution in [2.24, 2.45) is 20.5 Å². The van der Waals surface area contributed by atoms with Crippen LogP contribution in [0.5, 0.6) is 0 Å². The maximum atomic E-state index is 12.5. The zero-order valence-electron chi connectivity index (χ0n) is 25.5. The Balaban J connectivity index is 0.00000162. The molecule has 0 aliphatic rings. The third-order valence-electron chi connectivity index (χ3n) is 5.80. The van der Waals surface area contributed by atoms with E-state index >= 15 is 0 Å². The molecule has 0 saturated heterocycles. The second-order valence-corrected chi connectivity index (χ2v) is 13.1. The van der Waals surface area contributed by atoms with Crippen LogP contribution in [0.15, 0.2) is 95.8 Å². The van der Waals surface area contributed by atoms with Gasteiger partial charge in [0.05, 0.1) is 48.2 Å². The Morgan fingerprint density at radius 3 is 1.64 bits per heavy atom. The molecule has 238 valence electrons. The molecule has 0 aliphatic heterocycles. The van der Waals surface area contributed by atoms with E-state index in [-0.39, 0.29) is 31.9 Å². The van der Waals surface area contributed by atoms with Crippen LogP contribution in [0.25, 0.3) is 21.5 Å². The van der Waals surface area contributed by atoms with E-state index in [0.717, 1.165) is 27.4 Å². The summed E-state index contributed by atoms with van der Waals surface area (Å²) in [6.07, 6.45) is 0. The summed E-state index contributed by atoms with van der Waals surface area (Å²) in [6.45, 7) is 8.00. The second-order valence-electron chi connectivity index (χ2n) is 8.00. The minimum Gasteiger partial charge on any atom is -0.270 e. The third-order valence-corrected chi connectivity index (χ3v) is 9.64. The first-order chi connectivity index (χ1) is 20.9. The van der Waals surface area contributed by atoms with Crippen molar-refractivity contribution < 1.29 is 37.8 Å². The van der Waals surface area contributed by atoms with E-state index in [4.69, 9.17) is 0 Å². The molecule has 0 N–H and O–H groups in total. The first-order valence-corrected chi connectivity index (χ1v) is 17.4. The van der Waals surface area contributed by atoms with Crippen LogP contribution >= 0.6 is 0 Å². The van der Waals surface area contributed by atoms with Crippen molar-refractivity contribution in [3.05, 3.63) is 60.7 Å². The Bertz CT molecular complexity index is 2030. The predicted octanol–water partition coefficient (Wildman–Crippen LogP) is 7.18. The molecular weight excluding hydrogens is 633 g/mol. The van der Waals surface area contributed by atoms with Gasteiger partial charge in [0.15, 0.2) is 0 Å². The summed E-state index contributed by atoms with van der Waals surface area (Å²) in [5.74, 6) is 0. The number of hydrogen-bond acceptors (Lipinski definition) is 13. The molecule has 0 amide bonds. The summed E-state index contributed by atoms with van der Waals surface area (Å²) in [7, 11) is -8.08. The average molecular weight is 667 g/mol. The van der Waals surface area contributed by atoms with Crippen LogP contribution in [0.4, 0.5) is 17.1 Å². The molecule has 16 heteroatoms. The first-order valence-electron chi connectivity index (χ1n) is 13.1. The molecule has 0 saturated carbocycles. The fraction of sp³-hybridized carbons (Fsp3) is 0.286. The molecule has 0 bridgehead atoms. The summed E-state index contributed by atoms with van der Waals surface area (Å²) in [4.78, 5) is -0.870. The number of nitrogens with zero attached hydrogens (tertiary/aromatic N) is 4. The smallest absolute Gasteiger partial charge is 0.270 e. The monoisotopic (exact) mass is 666 g/mol. The van der Waals surface area contributed by atoms with Crippen LogP contribution in [0.1, 0.15) is 27.7 Å². The summed E-state index contributed by atoms with van der Waals surface area (Å²) in [5.41, 5.74) is 1.00. The van der Waals surface area contributed by atoms with Gasteiger partial charge in [-0.15, -0.1) is 5.11 Å². The molecule has 0 radical (unpaired) electrons. The lowest BCUT2D eigenvalue weighted by Gasteiger charge is -2.10. The Morgan fingerprint density at radius 1 is 0.523 bits per heavy atom. The quantitative estimate of drug-likeness (QED) is 0.132. The molecule has 0 spiro atoms. The second kappa shape index (κ2) is 15.4. The van der Waals surface area contributed by atoms with Crippen molar-refractivity contribution in [3.63, 3.8) is 0 Å². The predicted molar refractivity (Wildman–Crippen MR) is 168 cm³/mol. The van der Waals surface area contributed by atoms with E-state index in [1.807, 2.05) is 27.7 Å². The molecule has 0 atom stereocenters. The van der Waals surface area contributed by atoms with E-state index < -0.39 is 35.2 Å². The van der Waals surface area contributed by atoms with Gasteiger partial charge in [0.25, 0.3) is 30.4 Å². The molecule has 0 fully saturated rings. The number of rotatable bonds is 9. The van der Waals surface area contributed by atoms with Crippen molar-refractivity contribution in [1.82, 2.24) is 0 Å². The minimum atomic E-state index is -4.29. The van der Waals surface area contributed by atoms with Gasteiger partial charge >= 0.3 is 0 Å². The fourth-order valence-corrected chi connectivity index (χ4v) is 6.23. The Hall–Kier alpha value is -3.67. The standard InChI is InChI=1S/C24H22N4O9S3.2C2H6/c1-25-27-22-9-10-23(21-13-17(6-8-20(21)22)38(29,30)35-2)28-26-16-5-7-19-15(11-16)12-18(39(31,32)36-3)14-24(19)40(33,34)37-4;2*1-2/h5-14H,1-4H3;2*1-2H3. The maximum absolute atomic E-state index is 12.5. The van der Waals surface area contributed by atoms with Crippen LogP contribution in [0, 0.1) is 0 Å². The van der Waals surface area contributed by atoms with Crippen LogP contribution in [-0.4, -0.2) is 53.6 Å². The summed E-state index contributed by atoms with van der Waals surface area (Å²) >= 11 is 0. The van der Waals surface area contributed by atoms with E-state index in [1.54, 1.807) is 18.2 Å². The molecule has 0 unspecified atom stereocenters. The lowest BCUT2D eigenvalue weighted by molar-refractivity contribution is 0.395. The highest BCUT2D eigenvalue weighted by Gasteiger charge is 2.23. The zero-order chi connectivity index (χ0) is 33.3. The average Bonchev–Trinajstić information content (AvgIpc) is 3.05. The SMILES string of the molecule is CC.CC.CN=Nc1ccc(N=Nc2ccc3c(S(=O)(=O)OC)cc(S(=O)(=O)OC)cc3c2)c2cc(S(=O)(=O)OC)ccc12. The van der Waals surface area contributed by atoms with Gasteiger partial charge < -0.3 is 0 Å². The molecule has 4 aromatic rings. The van der Waals surface area contributed by atoms with Crippen molar-refractivity contribution in [1.29, 1.82) is 0 Å². The Labute approximate surface area is 258 Å². The van der Waals surface area contributed by atoms with Crippen molar-refractivity contribution in [2.45, 2.75) is 42.4 Å². The Kier molecular flexibility index (Phi) is 12.8. The van der Waals surface area contributed by atoms with Gasteiger partial charge in [-0.2, -0.15) is 40.6 Å². The number of azo groups is 2. The highest BCUT2D eigenvalue weighted by molar-refractivity contribution is 7.87. The summed E-state index contributed by atoms with van der Waals surface area (Å²) in [5, 5.41) is 17.7. The maximum Gasteiger partial charge on any atom is 0.297 e. The van der Waals surface area contributed by atoms with Gasteiger partial charge in [0, 0.05) is 23.2 Å². The lowest BCUT2D eigenvalue weighted by Crippen LogP contribution is -2.08. The van der Waals surface area contributed by atoms with Crippen molar-refractivity contribution >= 4 is 69.0 Å². The Morgan fingerprint density at radius 2 is 1.07 bits per heavy atom. The van der Waals surface area contributed by atoms with E-state index in [2.05, 4.69) is 33.0 Å². The van der Waals surface area contributed by atoms with Crippen molar-refractivity contribution in [2.75, 3.05) is 28.4 Å². The molecule has 0 heterocycles. The van der Waals surface area contributed by atoms with Crippen molar-refractivity contribution in [3.8, 4) is 0 Å². The van der Waals surface area contributed by atoms with Gasteiger partial charge in [-0.3, -0.25) is 12.5 Å². The molecule has 13 nitrogen and oxygen atoms in total. The van der Waals surface area contributed by atoms with E-state index in [0.29, 0.717) is 16.5 Å². The molecule has 4 aromatic carbocycles. The topological polar surface area (TPSA) is 180 Å². The minimum absolute atomic E-state index is 0.103. The van der Waals surface area contributed by atoms with E-state index in [1.165, 1.54) is 43.4 Å². The van der Waals surface area contributed by atoms with Gasteiger partial charge in [-0.25, -0.2) is 0 Å². The highest BCUT2D eigenvalue weighted by atomic mass is 32.2. The molecular formula is C28H34N4O9S3. The van der Waals surface area contributed by atoms with Crippen LogP contribution in [-0.2, 0) is 42.9 Å². The summed E-state index contributed by atoms with van der Waals surface area (Å²) < 4.78 is 88.1. The van der Waals surface area contributed by atoms with E-state index in [9.17, 15) is 25.3 Å². The van der Waals surface area contributed by atoms with Crippen LogP contribution in [0.2, 0.25) is 0 Å². The zero-order valence-corrected chi connectivity index (χ0v) is 27.9. The lowest BCUT2D eigenvalue weighted by atomic mass is 10.1. The largest absolute Gasteiger partial charge is 0.297 e. The number of hydrogen-bond donors (Lipinski definition) is 0. The molecule has 44 heavy (non-hydrogen) atoms. The van der Waals surface area contributed by atoms with Gasteiger partial charge in [-0.05, 0) is 53.9 Å². The van der Waals surface area contributed by atoms with Crippen LogP contribution in [0.3, 0.4) is 0 Å². The molecule has 0 aliphatic carbocycles. The van der Waals surface area contributed by atoms with Gasteiger partial charge in [0.1, 0.15) is 4.90 Å². The number of fused-ring (bicyclic) bond motifs is 2. The normalized spacial score (nSPS) is 12.3. The summed E-state index contributed by atoms with van der Waals surface area (Å²) in [6, 6.07) is 14.1. The molecule has 4 rings (SSSR count). The molecule has 0 aromatic heterocycles. The highest BCUT2D eigenvalue weighted by Crippen LogP contribution is 2.37. The third kappa shape index (κ3) is 7.88.